The molecule has 0 fully saturated rings. The van der Waals surface area contributed by atoms with Gasteiger partial charge in [0.05, 0.1) is 5.56 Å². The van der Waals surface area contributed by atoms with Crippen LogP contribution >= 0.6 is 0 Å². The molecule has 1 rings (SSSR count). The maximum absolute atomic E-state index is 11.6. The molecular weight excluding hydrogens is 220 g/mol. The molecule has 1 aromatic rings. The van der Waals surface area contributed by atoms with Gasteiger partial charge in [0.15, 0.2) is 5.78 Å². The highest BCUT2D eigenvalue weighted by Crippen LogP contribution is 2.22. The normalized spacial score (nSPS) is 11.0. The van der Waals surface area contributed by atoms with Crippen molar-refractivity contribution in [2.45, 2.75) is 26.6 Å². The minimum atomic E-state index is -1.77. The lowest BCUT2D eigenvalue weighted by molar-refractivity contribution is -0.113. The van der Waals surface area contributed by atoms with Gasteiger partial charge in [-0.05, 0) is 31.8 Å². The van der Waals surface area contributed by atoms with E-state index in [1.54, 1.807) is 24.3 Å². The first-order valence-electron chi connectivity index (χ1n) is 5.14. The van der Waals surface area contributed by atoms with E-state index in [1.165, 1.54) is 6.92 Å². The van der Waals surface area contributed by atoms with Crippen LogP contribution in [0.2, 0.25) is 19.6 Å². The van der Waals surface area contributed by atoms with E-state index in [0.717, 1.165) is 0 Å². The van der Waals surface area contributed by atoms with Gasteiger partial charge in [0, 0.05) is 6.92 Å². The van der Waals surface area contributed by atoms with Gasteiger partial charge in [-0.3, -0.25) is 9.59 Å². The minimum Gasteiger partial charge on any atom is -0.544 e. The molecule has 0 heterocycles. The molecule has 0 saturated heterocycles. The van der Waals surface area contributed by atoms with E-state index in [4.69, 9.17) is 4.43 Å². The largest absolute Gasteiger partial charge is 0.544 e. The van der Waals surface area contributed by atoms with Gasteiger partial charge in [-0.2, -0.15) is 0 Å². The number of hydrogen-bond acceptors (Lipinski definition) is 3. The molecule has 0 N–H and O–H groups in total. The average molecular weight is 236 g/mol. The first-order chi connectivity index (χ1) is 7.31. The zero-order valence-corrected chi connectivity index (χ0v) is 11.0. The van der Waals surface area contributed by atoms with Crippen molar-refractivity contribution < 1.29 is 14.0 Å². The van der Waals surface area contributed by atoms with Gasteiger partial charge in [0.25, 0.3) is 0 Å². The van der Waals surface area contributed by atoms with E-state index >= 15 is 0 Å². The van der Waals surface area contributed by atoms with Crippen LogP contribution in [-0.2, 0) is 4.79 Å². The van der Waals surface area contributed by atoms with Gasteiger partial charge in [-0.25, -0.2) is 0 Å². The summed E-state index contributed by atoms with van der Waals surface area (Å²) in [6.45, 7) is 7.36. The minimum absolute atomic E-state index is 0.359. The third-order valence-electron chi connectivity index (χ3n) is 1.87. The van der Waals surface area contributed by atoms with Gasteiger partial charge < -0.3 is 4.43 Å². The third kappa shape index (κ3) is 3.31. The fourth-order valence-electron chi connectivity index (χ4n) is 1.26. The van der Waals surface area contributed by atoms with Gasteiger partial charge in [0.1, 0.15) is 5.75 Å². The van der Waals surface area contributed by atoms with Gasteiger partial charge in [0.2, 0.25) is 14.1 Å². The van der Waals surface area contributed by atoms with E-state index < -0.39 is 19.9 Å². The number of hydrogen-bond donors (Lipinski definition) is 0. The van der Waals surface area contributed by atoms with Crippen LogP contribution in [0.15, 0.2) is 24.3 Å². The molecule has 1 aromatic carbocycles. The second-order valence-corrected chi connectivity index (χ2v) is 9.02. The number of rotatable bonds is 4. The summed E-state index contributed by atoms with van der Waals surface area (Å²) in [7, 11) is -1.77. The van der Waals surface area contributed by atoms with Crippen molar-refractivity contribution in [1.29, 1.82) is 0 Å². The molecule has 3 nitrogen and oxygen atoms in total. The smallest absolute Gasteiger partial charge is 0.242 e. The number of carbonyl (C=O) groups is 2. The molecular formula is C12H16O3Si. The van der Waals surface area contributed by atoms with Crippen LogP contribution < -0.4 is 4.43 Å². The van der Waals surface area contributed by atoms with Gasteiger partial charge in [-0.15, -0.1) is 0 Å². The third-order valence-corrected chi connectivity index (χ3v) is 2.70. The van der Waals surface area contributed by atoms with Crippen molar-refractivity contribution in [1.82, 2.24) is 0 Å². The fourth-order valence-corrected chi connectivity index (χ4v) is 2.10. The Labute approximate surface area is 96.6 Å². The first-order valence-corrected chi connectivity index (χ1v) is 8.55. The first kappa shape index (κ1) is 12.6. The van der Waals surface area contributed by atoms with Crippen LogP contribution in [-0.4, -0.2) is 19.9 Å². The molecule has 0 spiro atoms. The van der Waals surface area contributed by atoms with E-state index in [0.29, 0.717) is 11.3 Å². The monoisotopic (exact) mass is 236 g/mol. The predicted octanol–water partition coefficient (Wildman–Crippen LogP) is 2.67. The van der Waals surface area contributed by atoms with Crippen molar-refractivity contribution >= 4 is 19.9 Å². The maximum Gasteiger partial charge on any atom is 0.242 e. The highest BCUT2D eigenvalue weighted by atomic mass is 28.4. The Balaban J connectivity index is 3.10. The molecule has 4 heteroatoms. The van der Waals surface area contributed by atoms with Crippen molar-refractivity contribution in [3.8, 4) is 5.75 Å². The molecule has 0 radical (unpaired) electrons. The van der Waals surface area contributed by atoms with Crippen LogP contribution in [0.4, 0.5) is 0 Å². The molecule has 0 aromatic heterocycles. The summed E-state index contributed by atoms with van der Waals surface area (Å²) in [6, 6.07) is 6.88. The highest BCUT2D eigenvalue weighted by molar-refractivity contribution is 6.70. The molecule has 0 unspecified atom stereocenters. The zero-order valence-electron chi connectivity index (χ0n) is 10.0. The second kappa shape index (κ2) is 4.61. The van der Waals surface area contributed by atoms with E-state index in [-0.39, 0.29) is 0 Å². The molecule has 16 heavy (non-hydrogen) atoms. The lowest BCUT2D eigenvalue weighted by Gasteiger charge is -2.20. The quantitative estimate of drug-likeness (QED) is 0.458. The Morgan fingerprint density at radius 2 is 1.69 bits per heavy atom. The van der Waals surface area contributed by atoms with Gasteiger partial charge >= 0.3 is 0 Å². The molecule has 0 aliphatic heterocycles. The van der Waals surface area contributed by atoms with Crippen molar-refractivity contribution in [2.24, 2.45) is 0 Å². The Hall–Kier alpha value is -1.42. The predicted molar refractivity (Wildman–Crippen MR) is 65.4 cm³/mol. The Morgan fingerprint density at radius 3 is 2.19 bits per heavy atom. The Kier molecular flexibility index (Phi) is 3.65. The van der Waals surface area contributed by atoms with Crippen LogP contribution in [0.5, 0.6) is 5.75 Å². The summed E-state index contributed by atoms with van der Waals surface area (Å²) in [5.74, 6) is -0.442. The number of benzene rings is 1. The number of para-hydroxylation sites is 1. The average Bonchev–Trinajstić information content (AvgIpc) is 2.15. The summed E-state index contributed by atoms with van der Waals surface area (Å²) in [6.07, 6.45) is 0. The fraction of sp³-hybridized carbons (Fsp3) is 0.333. The van der Waals surface area contributed by atoms with Crippen molar-refractivity contribution in [3.05, 3.63) is 29.8 Å². The summed E-state index contributed by atoms with van der Waals surface area (Å²) in [4.78, 5) is 22.7. The van der Waals surface area contributed by atoms with E-state index in [9.17, 15) is 9.59 Å². The van der Waals surface area contributed by atoms with Crippen LogP contribution in [0, 0.1) is 0 Å². The SMILES string of the molecule is CC(=O)C(=O)c1ccccc1O[Si](C)(C)C. The van der Waals surface area contributed by atoms with Crippen molar-refractivity contribution in [2.75, 3.05) is 0 Å². The molecule has 0 saturated carbocycles. The van der Waals surface area contributed by atoms with E-state index in [1.807, 2.05) is 19.6 Å². The molecule has 86 valence electrons. The number of ketones is 2. The zero-order chi connectivity index (χ0) is 12.3. The molecule has 0 atom stereocenters. The number of carbonyl (C=O) groups excluding carboxylic acids is 2. The van der Waals surface area contributed by atoms with E-state index in [2.05, 4.69) is 0 Å². The summed E-state index contributed by atoms with van der Waals surface area (Å²) >= 11 is 0. The second-order valence-electron chi connectivity index (χ2n) is 4.60. The van der Waals surface area contributed by atoms with Crippen LogP contribution in [0.1, 0.15) is 17.3 Å². The molecule has 0 aliphatic rings. The molecule has 0 bridgehead atoms. The highest BCUT2D eigenvalue weighted by Gasteiger charge is 2.21. The Morgan fingerprint density at radius 1 is 1.12 bits per heavy atom. The topological polar surface area (TPSA) is 43.4 Å². The van der Waals surface area contributed by atoms with Crippen molar-refractivity contribution in [3.63, 3.8) is 0 Å². The standard InChI is InChI=1S/C12H16O3Si/c1-9(13)12(14)10-7-5-6-8-11(10)15-16(2,3)4/h5-8H,1-4H3. The summed E-state index contributed by atoms with van der Waals surface area (Å²) < 4.78 is 5.77. The maximum atomic E-state index is 11.6. The Bertz CT molecular complexity index is 419. The summed E-state index contributed by atoms with van der Waals surface area (Å²) in [5, 5.41) is 0. The summed E-state index contributed by atoms with van der Waals surface area (Å²) in [5.41, 5.74) is 0.359. The van der Waals surface area contributed by atoms with Crippen LogP contribution in [0.25, 0.3) is 0 Å². The lowest BCUT2D eigenvalue weighted by atomic mass is 10.1. The molecule has 0 aliphatic carbocycles. The van der Waals surface area contributed by atoms with Gasteiger partial charge in [-0.1, -0.05) is 12.1 Å². The number of Topliss-reactive ketones (excluding diaryl/α,β-unsaturated/α-hetero) is 2. The van der Waals surface area contributed by atoms with Crippen LogP contribution in [0.3, 0.4) is 0 Å². The molecule has 0 amide bonds. The lowest BCUT2D eigenvalue weighted by Crippen LogP contribution is -2.30.